The zero-order valence-electron chi connectivity index (χ0n) is 18.0. The fraction of sp³-hybridized carbons (Fsp3) is 0.478. The van der Waals surface area contributed by atoms with Gasteiger partial charge in [0.05, 0.1) is 36.9 Å². The number of carbonyl (C=O) groups excluding carboxylic acids is 1. The molecule has 9 heteroatoms. The Labute approximate surface area is 186 Å². The second-order valence-electron chi connectivity index (χ2n) is 8.27. The Morgan fingerprint density at radius 1 is 1.28 bits per heavy atom. The van der Waals surface area contributed by atoms with Gasteiger partial charge < -0.3 is 14.8 Å². The second-order valence-corrected chi connectivity index (χ2v) is 8.27. The van der Waals surface area contributed by atoms with E-state index in [0.29, 0.717) is 12.5 Å². The van der Waals surface area contributed by atoms with Gasteiger partial charge in [-0.1, -0.05) is 5.92 Å². The van der Waals surface area contributed by atoms with Crippen LogP contribution in [0.15, 0.2) is 30.9 Å². The van der Waals surface area contributed by atoms with Crippen molar-refractivity contribution in [3.63, 3.8) is 0 Å². The predicted molar refractivity (Wildman–Crippen MR) is 117 cm³/mol. The first-order valence-electron chi connectivity index (χ1n) is 11.1. The summed E-state index contributed by atoms with van der Waals surface area (Å²) in [6.07, 6.45) is 11.9. The highest BCUT2D eigenvalue weighted by atomic mass is 16.5. The summed E-state index contributed by atoms with van der Waals surface area (Å²) < 4.78 is 15.6. The summed E-state index contributed by atoms with van der Waals surface area (Å²) >= 11 is 0. The van der Waals surface area contributed by atoms with E-state index in [2.05, 4.69) is 27.4 Å². The number of nitrogens with zero attached hydrogens (tertiary/aromatic N) is 5. The highest BCUT2D eigenvalue weighted by Gasteiger charge is 2.26. The molecular weight excluding hydrogens is 408 g/mol. The first-order valence-corrected chi connectivity index (χ1v) is 11.1. The number of fused-ring (bicyclic) bond motifs is 1. The average Bonchev–Trinajstić information content (AvgIpc) is 3.54. The van der Waals surface area contributed by atoms with Gasteiger partial charge in [0.15, 0.2) is 0 Å². The molecule has 2 aliphatic rings. The zero-order chi connectivity index (χ0) is 21.9. The second kappa shape index (κ2) is 9.01. The summed E-state index contributed by atoms with van der Waals surface area (Å²) in [4.78, 5) is 16.7. The molecule has 0 spiro atoms. The van der Waals surface area contributed by atoms with Crippen molar-refractivity contribution in [1.29, 1.82) is 0 Å². The number of nitrogens with one attached hydrogen (secondary N) is 1. The third-order valence-corrected chi connectivity index (χ3v) is 6.01. The molecule has 3 atom stereocenters. The van der Waals surface area contributed by atoms with Crippen molar-refractivity contribution in [3.05, 3.63) is 30.9 Å². The highest BCUT2D eigenvalue weighted by molar-refractivity contribution is 5.93. The quantitative estimate of drug-likeness (QED) is 0.620. The topological polar surface area (TPSA) is 95.6 Å². The van der Waals surface area contributed by atoms with Gasteiger partial charge in [-0.05, 0) is 44.6 Å². The minimum Gasteiger partial charge on any atom is -0.473 e. The minimum atomic E-state index is -0.235. The summed E-state index contributed by atoms with van der Waals surface area (Å²) in [5.74, 6) is 5.49. The lowest BCUT2D eigenvalue weighted by atomic mass is 9.93. The van der Waals surface area contributed by atoms with Gasteiger partial charge in [0, 0.05) is 30.8 Å². The summed E-state index contributed by atoms with van der Waals surface area (Å²) in [5.41, 5.74) is 2.47. The van der Waals surface area contributed by atoms with Crippen LogP contribution >= 0.6 is 0 Å². The van der Waals surface area contributed by atoms with E-state index in [9.17, 15) is 4.79 Å². The molecule has 0 radical (unpaired) electrons. The summed E-state index contributed by atoms with van der Waals surface area (Å²) in [6, 6.07) is 2.21. The normalized spacial score (nSPS) is 23.0. The van der Waals surface area contributed by atoms with Crippen molar-refractivity contribution < 1.29 is 14.3 Å². The van der Waals surface area contributed by atoms with Gasteiger partial charge in [0.25, 0.3) is 5.91 Å². The Hall–Kier alpha value is -3.38. The van der Waals surface area contributed by atoms with E-state index in [4.69, 9.17) is 14.5 Å². The standard InChI is InChI=1S/C23H26N6O3/c1-2-4-22(30)26-17-5-3-6-19(11-17)32-23-21-7-9-24-29(21)14-20(27-23)16-12-25-28(13-16)18-8-10-31-15-18/h7,9,12-14,17-19H,3,5-6,8,10-11,15H2,1H3,(H,26,30)/t17-,18?,19+/m0/s1. The highest BCUT2D eigenvalue weighted by Crippen LogP contribution is 2.29. The number of hydrogen-bond acceptors (Lipinski definition) is 6. The number of carbonyl (C=O) groups is 1. The molecule has 1 saturated carbocycles. The third-order valence-electron chi connectivity index (χ3n) is 6.01. The fourth-order valence-corrected chi connectivity index (χ4v) is 4.40. The molecule has 3 aromatic rings. The van der Waals surface area contributed by atoms with Crippen LogP contribution in [-0.2, 0) is 9.53 Å². The average molecular weight is 435 g/mol. The molecule has 32 heavy (non-hydrogen) atoms. The maximum atomic E-state index is 11.8. The van der Waals surface area contributed by atoms with E-state index in [-0.39, 0.29) is 24.1 Å². The Morgan fingerprint density at radius 3 is 3.06 bits per heavy atom. The number of hydrogen-bond donors (Lipinski definition) is 1. The van der Waals surface area contributed by atoms with Crippen molar-refractivity contribution >= 4 is 11.4 Å². The van der Waals surface area contributed by atoms with Crippen LogP contribution in [0.3, 0.4) is 0 Å². The molecule has 1 amide bonds. The molecule has 4 heterocycles. The first kappa shape index (κ1) is 20.5. The lowest BCUT2D eigenvalue weighted by Gasteiger charge is -2.29. The number of rotatable bonds is 5. The molecule has 5 rings (SSSR count). The van der Waals surface area contributed by atoms with Crippen molar-refractivity contribution in [2.75, 3.05) is 13.2 Å². The Morgan fingerprint density at radius 2 is 2.22 bits per heavy atom. The van der Waals surface area contributed by atoms with E-state index >= 15 is 0 Å². The lowest BCUT2D eigenvalue weighted by molar-refractivity contribution is -0.116. The Balaban J connectivity index is 1.36. The van der Waals surface area contributed by atoms with Crippen LogP contribution in [0.2, 0.25) is 0 Å². The number of ether oxygens (including phenoxy) is 2. The van der Waals surface area contributed by atoms with Crippen LogP contribution in [0.1, 0.15) is 45.1 Å². The van der Waals surface area contributed by atoms with E-state index in [1.54, 1.807) is 17.6 Å². The van der Waals surface area contributed by atoms with Gasteiger partial charge >= 0.3 is 0 Å². The molecule has 1 saturated heterocycles. The molecule has 0 bridgehead atoms. The Kier molecular flexibility index (Phi) is 5.77. The van der Waals surface area contributed by atoms with Crippen molar-refractivity contribution in [1.82, 2.24) is 29.7 Å². The molecule has 166 valence electrons. The number of aromatic nitrogens is 5. The molecule has 1 N–H and O–H groups in total. The molecule has 3 aromatic heterocycles. The molecule has 2 fully saturated rings. The predicted octanol–water partition coefficient (Wildman–Crippen LogP) is 2.38. The van der Waals surface area contributed by atoms with Gasteiger partial charge in [-0.3, -0.25) is 9.48 Å². The van der Waals surface area contributed by atoms with Gasteiger partial charge in [0.1, 0.15) is 11.6 Å². The zero-order valence-corrected chi connectivity index (χ0v) is 18.0. The molecule has 9 nitrogen and oxygen atoms in total. The van der Waals surface area contributed by atoms with Gasteiger partial charge in [-0.2, -0.15) is 10.2 Å². The van der Waals surface area contributed by atoms with E-state index in [1.807, 2.05) is 29.3 Å². The van der Waals surface area contributed by atoms with Crippen LogP contribution in [0.4, 0.5) is 0 Å². The SMILES string of the molecule is CC#CC(=O)N[C@H]1CCC[C@@H](Oc2nc(-c3cnn(C4CCOC4)c3)cn3nccc23)C1. The van der Waals surface area contributed by atoms with E-state index < -0.39 is 0 Å². The third kappa shape index (κ3) is 4.32. The first-order chi connectivity index (χ1) is 15.7. The lowest BCUT2D eigenvalue weighted by Crippen LogP contribution is -2.40. The fourth-order valence-electron chi connectivity index (χ4n) is 4.40. The summed E-state index contributed by atoms with van der Waals surface area (Å²) in [6.45, 7) is 3.11. The smallest absolute Gasteiger partial charge is 0.296 e. The summed E-state index contributed by atoms with van der Waals surface area (Å²) in [5, 5.41) is 11.9. The maximum Gasteiger partial charge on any atom is 0.296 e. The van der Waals surface area contributed by atoms with E-state index in [1.165, 1.54) is 0 Å². The minimum absolute atomic E-state index is 0.0385. The van der Waals surface area contributed by atoms with Gasteiger partial charge in [-0.25, -0.2) is 9.50 Å². The van der Waals surface area contributed by atoms with E-state index in [0.717, 1.165) is 55.5 Å². The molecule has 1 aliphatic carbocycles. The van der Waals surface area contributed by atoms with Crippen LogP contribution in [-0.4, -0.2) is 55.6 Å². The van der Waals surface area contributed by atoms with Crippen molar-refractivity contribution in [2.45, 2.75) is 57.2 Å². The molecular formula is C23H26N6O3. The largest absolute Gasteiger partial charge is 0.473 e. The van der Waals surface area contributed by atoms with Gasteiger partial charge in [-0.15, -0.1) is 0 Å². The number of amides is 1. The van der Waals surface area contributed by atoms with Crippen LogP contribution in [0.5, 0.6) is 5.88 Å². The van der Waals surface area contributed by atoms with Gasteiger partial charge in [0.2, 0.25) is 5.88 Å². The molecule has 0 aromatic carbocycles. The van der Waals surface area contributed by atoms with Crippen LogP contribution < -0.4 is 10.1 Å². The van der Waals surface area contributed by atoms with Crippen LogP contribution in [0.25, 0.3) is 16.8 Å². The molecule has 1 aliphatic heterocycles. The summed E-state index contributed by atoms with van der Waals surface area (Å²) in [7, 11) is 0. The maximum absolute atomic E-state index is 11.8. The van der Waals surface area contributed by atoms with Crippen LogP contribution in [0, 0.1) is 11.8 Å². The monoisotopic (exact) mass is 434 g/mol. The Bertz CT molecular complexity index is 1170. The molecule has 1 unspecified atom stereocenters. The van der Waals surface area contributed by atoms with Crippen molar-refractivity contribution in [3.8, 4) is 29.0 Å². The van der Waals surface area contributed by atoms with Crippen molar-refractivity contribution in [2.24, 2.45) is 0 Å².